The minimum Gasteiger partial charge on any atom is -0.355 e. The van der Waals surface area contributed by atoms with Crippen LogP contribution in [0.15, 0.2) is 30.3 Å². The molecule has 0 saturated heterocycles. The molecule has 0 heterocycles. The third-order valence-corrected chi connectivity index (χ3v) is 3.45. The highest BCUT2D eigenvalue weighted by molar-refractivity contribution is 5.75. The van der Waals surface area contributed by atoms with Crippen LogP contribution < -0.4 is 10.6 Å². The molecule has 0 aliphatic carbocycles. The number of nitrogens with zero attached hydrogens (tertiary/aromatic N) is 1. The van der Waals surface area contributed by atoms with Gasteiger partial charge in [-0.1, -0.05) is 30.3 Å². The highest BCUT2D eigenvalue weighted by Crippen LogP contribution is 2.05. The summed E-state index contributed by atoms with van der Waals surface area (Å²) in [5, 5.41) is 6.04. The highest BCUT2D eigenvalue weighted by Gasteiger charge is 2.10. The summed E-state index contributed by atoms with van der Waals surface area (Å²) in [4.78, 5) is 13.9. The van der Waals surface area contributed by atoms with Crippen molar-refractivity contribution in [1.82, 2.24) is 15.5 Å². The Morgan fingerprint density at radius 2 is 2.00 bits per heavy atom. The van der Waals surface area contributed by atoms with E-state index in [1.165, 1.54) is 5.56 Å². The first-order chi connectivity index (χ1) is 9.63. The third kappa shape index (κ3) is 6.68. The summed E-state index contributed by atoms with van der Waals surface area (Å²) in [5.41, 5.74) is 1.29. The fourth-order valence-corrected chi connectivity index (χ4v) is 1.96. The van der Waals surface area contributed by atoms with Gasteiger partial charge in [-0.05, 0) is 39.5 Å². The van der Waals surface area contributed by atoms with Crippen LogP contribution in [-0.2, 0) is 11.3 Å². The lowest BCUT2D eigenvalue weighted by Crippen LogP contribution is -2.39. The molecule has 1 unspecified atom stereocenters. The van der Waals surface area contributed by atoms with Crippen LogP contribution in [0.4, 0.5) is 0 Å². The maximum atomic E-state index is 11.6. The average Bonchev–Trinajstić information content (AvgIpc) is 2.46. The van der Waals surface area contributed by atoms with Crippen molar-refractivity contribution in [1.29, 1.82) is 0 Å². The van der Waals surface area contributed by atoms with E-state index in [-0.39, 0.29) is 5.91 Å². The molecule has 1 atom stereocenters. The largest absolute Gasteiger partial charge is 0.355 e. The fraction of sp³-hybridized carbons (Fsp3) is 0.562. The van der Waals surface area contributed by atoms with Gasteiger partial charge >= 0.3 is 0 Å². The molecule has 0 fully saturated rings. The van der Waals surface area contributed by atoms with Gasteiger partial charge in [0.25, 0.3) is 0 Å². The van der Waals surface area contributed by atoms with Gasteiger partial charge in [-0.3, -0.25) is 9.69 Å². The first-order valence-electron chi connectivity index (χ1n) is 7.29. The topological polar surface area (TPSA) is 44.4 Å². The van der Waals surface area contributed by atoms with E-state index < -0.39 is 0 Å². The minimum atomic E-state index is 0.139. The lowest BCUT2D eigenvalue weighted by Gasteiger charge is -2.25. The molecule has 1 aromatic rings. The molecule has 1 amide bonds. The molecule has 2 N–H and O–H groups in total. The smallest absolute Gasteiger partial charge is 0.220 e. The third-order valence-electron chi connectivity index (χ3n) is 3.45. The Morgan fingerprint density at radius 3 is 2.65 bits per heavy atom. The Hall–Kier alpha value is -1.39. The van der Waals surface area contributed by atoms with Gasteiger partial charge in [0.2, 0.25) is 5.91 Å². The summed E-state index contributed by atoms with van der Waals surface area (Å²) in [7, 11) is 3.99. The van der Waals surface area contributed by atoms with Crippen molar-refractivity contribution in [3.05, 3.63) is 35.9 Å². The monoisotopic (exact) mass is 277 g/mol. The van der Waals surface area contributed by atoms with Crippen LogP contribution in [0.3, 0.4) is 0 Å². The summed E-state index contributed by atoms with van der Waals surface area (Å²) >= 11 is 0. The van der Waals surface area contributed by atoms with Gasteiger partial charge in [0.15, 0.2) is 0 Å². The molecule has 0 aliphatic heterocycles. The van der Waals surface area contributed by atoms with Gasteiger partial charge in [0.05, 0.1) is 0 Å². The summed E-state index contributed by atoms with van der Waals surface area (Å²) < 4.78 is 0. The van der Waals surface area contributed by atoms with Crippen molar-refractivity contribution >= 4 is 5.91 Å². The second-order valence-corrected chi connectivity index (χ2v) is 5.26. The van der Waals surface area contributed by atoms with Crippen molar-refractivity contribution < 1.29 is 4.79 Å². The van der Waals surface area contributed by atoms with E-state index in [4.69, 9.17) is 0 Å². The first-order valence-corrected chi connectivity index (χ1v) is 7.29. The maximum Gasteiger partial charge on any atom is 0.220 e. The Labute approximate surface area is 122 Å². The molecule has 4 nitrogen and oxygen atoms in total. The van der Waals surface area contributed by atoms with Gasteiger partial charge in [0, 0.05) is 25.6 Å². The molecule has 0 bridgehead atoms. The van der Waals surface area contributed by atoms with Crippen LogP contribution in [0.2, 0.25) is 0 Å². The molecule has 1 aromatic carbocycles. The van der Waals surface area contributed by atoms with Crippen LogP contribution in [-0.4, -0.2) is 44.0 Å². The number of likely N-dealkylation sites (N-methyl/N-ethyl adjacent to an activating group) is 1. The molecular formula is C16H27N3O. The van der Waals surface area contributed by atoms with E-state index in [1.807, 2.05) is 13.1 Å². The molecule has 20 heavy (non-hydrogen) atoms. The Kier molecular flexibility index (Phi) is 7.92. The lowest BCUT2D eigenvalue weighted by atomic mass is 10.2. The van der Waals surface area contributed by atoms with Gasteiger partial charge in [0.1, 0.15) is 0 Å². The molecule has 0 radical (unpaired) electrons. The zero-order chi connectivity index (χ0) is 14.8. The maximum absolute atomic E-state index is 11.6. The van der Waals surface area contributed by atoms with Gasteiger partial charge in [-0.25, -0.2) is 0 Å². The van der Waals surface area contributed by atoms with Crippen molar-refractivity contribution in [2.45, 2.75) is 32.4 Å². The van der Waals surface area contributed by atoms with Gasteiger partial charge in [-0.15, -0.1) is 0 Å². The first kappa shape index (κ1) is 16.7. The number of carbonyl (C=O) groups is 1. The Bertz CT molecular complexity index is 381. The normalized spacial score (nSPS) is 12.4. The number of hydrogen-bond acceptors (Lipinski definition) is 3. The second-order valence-electron chi connectivity index (χ2n) is 5.26. The number of benzene rings is 1. The zero-order valence-electron chi connectivity index (χ0n) is 12.9. The van der Waals surface area contributed by atoms with E-state index in [0.717, 1.165) is 19.5 Å². The van der Waals surface area contributed by atoms with Crippen LogP contribution in [0.1, 0.15) is 25.3 Å². The molecule has 112 valence electrons. The standard InChI is InChI=1S/C16H27N3O/c1-14(12-18-16(20)10-7-11-17-2)19(3)13-15-8-5-4-6-9-15/h4-6,8-9,14,17H,7,10-13H2,1-3H3,(H,18,20). The molecule has 4 heteroatoms. The molecular weight excluding hydrogens is 250 g/mol. The predicted octanol–water partition coefficient (Wildman–Crippen LogP) is 1.62. The van der Waals surface area contributed by atoms with Gasteiger partial charge < -0.3 is 10.6 Å². The summed E-state index contributed by atoms with van der Waals surface area (Å²) in [6.45, 7) is 4.62. The van der Waals surface area contributed by atoms with E-state index >= 15 is 0 Å². The van der Waals surface area contributed by atoms with Crippen molar-refractivity contribution in [3.8, 4) is 0 Å². The second kappa shape index (κ2) is 9.50. The van der Waals surface area contributed by atoms with Crippen LogP contribution in [0, 0.1) is 0 Å². The van der Waals surface area contributed by atoms with Gasteiger partial charge in [-0.2, -0.15) is 0 Å². The highest BCUT2D eigenvalue weighted by atomic mass is 16.1. The van der Waals surface area contributed by atoms with E-state index in [0.29, 0.717) is 19.0 Å². The molecule has 0 aliphatic rings. The van der Waals surface area contributed by atoms with E-state index in [1.54, 1.807) is 0 Å². The van der Waals surface area contributed by atoms with E-state index in [2.05, 4.69) is 53.8 Å². The summed E-state index contributed by atoms with van der Waals surface area (Å²) in [6.07, 6.45) is 1.48. The number of nitrogens with one attached hydrogen (secondary N) is 2. The molecule has 0 aromatic heterocycles. The van der Waals surface area contributed by atoms with Crippen LogP contribution >= 0.6 is 0 Å². The number of rotatable bonds is 9. The molecule has 0 saturated carbocycles. The molecule has 1 rings (SSSR count). The number of amides is 1. The Morgan fingerprint density at radius 1 is 1.30 bits per heavy atom. The fourth-order valence-electron chi connectivity index (χ4n) is 1.96. The van der Waals surface area contributed by atoms with E-state index in [9.17, 15) is 4.79 Å². The van der Waals surface area contributed by atoms with Crippen LogP contribution in [0.5, 0.6) is 0 Å². The number of hydrogen-bond donors (Lipinski definition) is 2. The SMILES string of the molecule is CNCCCC(=O)NCC(C)N(C)Cc1ccccc1. The average molecular weight is 277 g/mol. The minimum absolute atomic E-state index is 0.139. The van der Waals surface area contributed by atoms with Crippen LogP contribution in [0.25, 0.3) is 0 Å². The van der Waals surface area contributed by atoms with Crippen molar-refractivity contribution in [2.75, 3.05) is 27.2 Å². The quantitative estimate of drug-likeness (QED) is 0.674. The lowest BCUT2D eigenvalue weighted by molar-refractivity contribution is -0.121. The Balaban J connectivity index is 2.24. The summed E-state index contributed by atoms with van der Waals surface area (Å²) in [6, 6.07) is 10.7. The predicted molar refractivity (Wildman–Crippen MR) is 83.5 cm³/mol. The number of carbonyl (C=O) groups excluding carboxylic acids is 1. The zero-order valence-corrected chi connectivity index (χ0v) is 12.9. The molecule has 0 spiro atoms. The van der Waals surface area contributed by atoms with Crippen molar-refractivity contribution in [3.63, 3.8) is 0 Å². The summed E-state index contributed by atoms with van der Waals surface area (Å²) in [5.74, 6) is 0.139. The van der Waals surface area contributed by atoms with Crippen molar-refractivity contribution in [2.24, 2.45) is 0 Å².